The number of nitrogens with one attached hydrogen (secondary N) is 1. The van der Waals surface area contributed by atoms with Crippen LogP contribution in [0.3, 0.4) is 0 Å². The number of likely N-dealkylation sites (N-methyl/N-ethyl adjacent to an activating group) is 1. The molecule has 4 nitrogen and oxygen atoms in total. The van der Waals surface area contributed by atoms with Crippen LogP contribution < -0.4 is 5.32 Å². The third-order valence-corrected chi connectivity index (χ3v) is 5.58. The smallest absolute Gasteiger partial charge is 0.234 e. The third kappa shape index (κ3) is 4.57. The van der Waals surface area contributed by atoms with Crippen molar-refractivity contribution in [3.8, 4) is 0 Å². The number of carbonyl (C=O) groups is 1. The maximum Gasteiger partial charge on any atom is 0.234 e. The van der Waals surface area contributed by atoms with Gasteiger partial charge < -0.3 is 5.32 Å². The van der Waals surface area contributed by atoms with Crippen molar-refractivity contribution in [2.24, 2.45) is 0 Å². The molecule has 0 bridgehead atoms. The minimum atomic E-state index is -0.00888. The van der Waals surface area contributed by atoms with Crippen LogP contribution in [-0.4, -0.2) is 29.4 Å². The van der Waals surface area contributed by atoms with Crippen LogP contribution in [0.5, 0.6) is 0 Å². The van der Waals surface area contributed by atoms with Gasteiger partial charge in [0.05, 0.1) is 22.8 Å². The van der Waals surface area contributed by atoms with Gasteiger partial charge in [0.25, 0.3) is 0 Å². The van der Waals surface area contributed by atoms with Gasteiger partial charge in [0.2, 0.25) is 5.91 Å². The SMILES string of the molecule is C[C@H](c1nc2ccccc2s1)N(C)CC(=O)NCc1ccc(Cl)cc1. The molecule has 0 radical (unpaired) electrons. The molecule has 3 aromatic rings. The first kappa shape index (κ1) is 17.9. The van der Waals surface area contributed by atoms with Crippen molar-refractivity contribution in [1.29, 1.82) is 0 Å². The molecule has 0 fully saturated rings. The van der Waals surface area contributed by atoms with Crippen LogP contribution in [0, 0.1) is 0 Å². The van der Waals surface area contributed by atoms with Crippen LogP contribution in [0.1, 0.15) is 23.5 Å². The molecule has 0 spiro atoms. The number of hydrogen-bond acceptors (Lipinski definition) is 4. The van der Waals surface area contributed by atoms with E-state index >= 15 is 0 Å². The molecule has 25 heavy (non-hydrogen) atoms. The first-order valence-corrected chi connectivity index (χ1v) is 9.29. The van der Waals surface area contributed by atoms with E-state index in [2.05, 4.69) is 23.3 Å². The molecular formula is C19H20ClN3OS. The Morgan fingerprint density at radius 3 is 2.68 bits per heavy atom. The minimum Gasteiger partial charge on any atom is -0.351 e. The first-order valence-electron chi connectivity index (χ1n) is 8.10. The number of nitrogens with zero attached hydrogens (tertiary/aromatic N) is 2. The number of rotatable bonds is 6. The summed E-state index contributed by atoms with van der Waals surface area (Å²) in [5.74, 6) is -0.00888. The highest BCUT2D eigenvalue weighted by Crippen LogP contribution is 2.28. The Morgan fingerprint density at radius 2 is 1.96 bits per heavy atom. The number of halogens is 1. The van der Waals surface area contributed by atoms with Gasteiger partial charge in [-0.3, -0.25) is 9.69 Å². The lowest BCUT2D eigenvalue weighted by molar-refractivity contribution is -0.122. The van der Waals surface area contributed by atoms with Crippen molar-refractivity contribution in [3.05, 3.63) is 64.1 Å². The molecule has 1 atom stereocenters. The largest absolute Gasteiger partial charge is 0.351 e. The number of amides is 1. The number of fused-ring (bicyclic) bond motifs is 1. The summed E-state index contributed by atoms with van der Waals surface area (Å²) in [5, 5.41) is 4.66. The second kappa shape index (κ2) is 7.95. The van der Waals surface area contributed by atoms with Crippen molar-refractivity contribution in [2.75, 3.05) is 13.6 Å². The van der Waals surface area contributed by atoms with E-state index in [1.165, 1.54) is 4.70 Å². The molecule has 0 saturated carbocycles. The Hall–Kier alpha value is -1.95. The molecule has 1 N–H and O–H groups in total. The van der Waals surface area contributed by atoms with Gasteiger partial charge in [0.1, 0.15) is 5.01 Å². The normalized spacial score (nSPS) is 12.5. The van der Waals surface area contributed by atoms with Gasteiger partial charge in [-0.2, -0.15) is 0 Å². The Balaban J connectivity index is 1.55. The topological polar surface area (TPSA) is 45.2 Å². The predicted molar refractivity (Wildman–Crippen MR) is 104 cm³/mol. The molecule has 0 aliphatic heterocycles. The Labute approximate surface area is 156 Å². The van der Waals surface area contributed by atoms with E-state index in [9.17, 15) is 4.79 Å². The zero-order valence-corrected chi connectivity index (χ0v) is 15.8. The summed E-state index contributed by atoms with van der Waals surface area (Å²) >= 11 is 7.54. The number of carbonyl (C=O) groups excluding carboxylic acids is 1. The second-order valence-corrected chi connectivity index (χ2v) is 7.51. The lowest BCUT2D eigenvalue weighted by Gasteiger charge is -2.22. The molecule has 1 aromatic heterocycles. The number of hydrogen-bond donors (Lipinski definition) is 1. The van der Waals surface area contributed by atoms with Crippen LogP contribution in [0.15, 0.2) is 48.5 Å². The van der Waals surface area contributed by atoms with E-state index in [1.807, 2.05) is 54.4 Å². The quantitative estimate of drug-likeness (QED) is 0.702. The summed E-state index contributed by atoms with van der Waals surface area (Å²) in [7, 11) is 1.94. The van der Waals surface area contributed by atoms with Crippen molar-refractivity contribution >= 4 is 39.1 Å². The Bertz CT molecular complexity index is 829. The average molecular weight is 374 g/mol. The molecule has 6 heteroatoms. The Morgan fingerprint density at radius 1 is 1.24 bits per heavy atom. The number of thiazole rings is 1. The van der Waals surface area contributed by atoms with E-state index in [4.69, 9.17) is 11.6 Å². The molecule has 0 unspecified atom stereocenters. The van der Waals surface area contributed by atoms with Gasteiger partial charge in [-0.15, -0.1) is 11.3 Å². The van der Waals surface area contributed by atoms with Crippen LogP contribution in [0.2, 0.25) is 5.02 Å². The van der Waals surface area contributed by atoms with Crippen molar-refractivity contribution in [3.63, 3.8) is 0 Å². The molecule has 0 saturated heterocycles. The highest BCUT2D eigenvalue weighted by molar-refractivity contribution is 7.18. The third-order valence-electron chi connectivity index (χ3n) is 4.12. The van der Waals surface area contributed by atoms with Gasteiger partial charge in [0, 0.05) is 11.6 Å². The molecule has 0 aliphatic rings. The highest BCUT2D eigenvalue weighted by atomic mass is 35.5. The van der Waals surface area contributed by atoms with Crippen LogP contribution in [0.4, 0.5) is 0 Å². The van der Waals surface area contributed by atoms with E-state index < -0.39 is 0 Å². The van der Waals surface area contributed by atoms with Crippen molar-refractivity contribution in [2.45, 2.75) is 19.5 Å². The van der Waals surface area contributed by atoms with Gasteiger partial charge in [-0.25, -0.2) is 4.98 Å². The molecule has 1 heterocycles. The summed E-state index contributed by atoms with van der Waals surface area (Å²) in [6.07, 6.45) is 0. The minimum absolute atomic E-state index is 0.00888. The predicted octanol–water partition coefficient (Wildman–Crippen LogP) is 4.26. The lowest BCUT2D eigenvalue weighted by atomic mass is 10.2. The molecule has 1 amide bonds. The van der Waals surface area contributed by atoms with E-state index in [1.54, 1.807) is 11.3 Å². The number of benzene rings is 2. The number of para-hydroxylation sites is 1. The van der Waals surface area contributed by atoms with Crippen molar-refractivity contribution < 1.29 is 4.79 Å². The molecular weight excluding hydrogens is 354 g/mol. The summed E-state index contributed by atoms with van der Waals surface area (Å²) in [6, 6.07) is 15.6. The van der Waals surface area contributed by atoms with E-state index in [-0.39, 0.29) is 11.9 Å². The monoisotopic (exact) mass is 373 g/mol. The summed E-state index contributed by atoms with van der Waals surface area (Å²) < 4.78 is 1.17. The zero-order chi connectivity index (χ0) is 17.8. The van der Waals surface area contributed by atoms with E-state index in [0.29, 0.717) is 18.1 Å². The molecule has 0 aliphatic carbocycles. The zero-order valence-electron chi connectivity index (χ0n) is 14.2. The van der Waals surface area contributed by atoms with Crippen molar-refractivity contribution in [1.82, 2.24) is 15.2 Å². The summed E-state index contributed by atoms with van der Waals surface area (Å²) in [4.78, 5) is 18.9. The maximum atomic E-state index is 12.2. The summed E-state index contributed by atoms with van der Waals surface area (Å²) in [6.45, 7) is 2.90. The highest BCUT2D eigenvalue weighted by Gasteiger charge is 2.18. The Kier molecular flexibility index (Phi) is 5.68. The van der Waals surface area contributed by atoms with Crippen LogP contribution in [-0.2, 0) is 11.3 Å². The molecule has 3 rings (SSSR count). The van der Waals surface area contributed by atoms with Crippen LogP contribution in [0.25, 0.3) is 10.2 Å². The van der Waals surface area contributed by atoms with Crippen LogP contribution >= 0.6 is 22.9 Å². The summed E-state index contributed by atoms with van der Waals surface area (Å²) in [5.41, 5.74) is 2.04. The van der Waals surface area contributed by atoms with Gasteiger partial charge in [-0.1, -0.05) is 35.9 Å². The average Bonchev–Trinajstić information content (AvgIpc) is 3.04. The molecule has 130 valence electrons. The van der Waals surface area contributed by atoms with Gasteiger partial charge in [0.15, 0.2) is 0 Å². The van der Waals surface area contributed by atoms with Gasteiger partial charge in [-0.05, 0) is 43.8 Å². The lowest BCUT2D eigenvalue weighted by Crippen LogP contribution is -2.36. The standard InChI is InChI=1S/C19H20ClN3OS/c1-13(19-22-16-5-3-4-6-17(16)25-19)23(2)12-18(24)21-11-14-7-9-15(20)10-8-14/h3-10,13H,11-12H2,1-2H3,(H,21,24)/t13-/m1/s1. The van der Waals surface area contributed by atoms with E-state index in [0.717, 1.165) is 16.1 Å². The fourth-order valence-corrected chi connectivity index (χ4v) is 3.69. The number of aromatic nitrogens is 1. The molecule has 2 aromatic carbocycles. The fraction of sp³-hybridized carbons (Fsp3) is 0.263. The first-order chi connectivity index (χ1) is 12.0. The fourth-order valence-electron chi connectivity index (χ4n) is 2.48. The second-order valence-electron chi connectivity index (χ2n) is 6.01. The maximum absolute atomic E-state index is 12.2. The van der Waals surface area contributed by atoms with Gasteiger partial charge >= 0.3 is 0 Å².